The fourth-order valence-electron chi connectivity index (χ4n) is 3.42. The van der Waals surface area contributed by atoms with Crippen molar-refractivity contribution in [3.05, 3.63) is 35.1 Å². The number of halogens is 1. The van der Waals surface area contributed by atoms with Crippen molar-refractivity contribution < 1.29 is 13.9 Å². The number of carbonyl (C=O) groups is 1. The summed E-state index contributed by atoms with van der Waals surface area (Å²) in [5, 5.41) is 0. The first-order valence-electron chi connectivity index (χ1n) is 7.15. The molecule has 2 unspecified atom stereocenters. The summed E-state index contributed by atoms with van der Waals surface area (Å²) >= 11 is 0. The second kappa shape index (κ2) is 5.26. The molecule has 2 saturated heterocycles. The van der Waals surface area contributed by atoms with E-state index in [1.807, 2.05) is 6.92 Å². The number of piperidine rings is 1. The molecule has 2 fully saturated rings. The van der Waals surface area contributed by atoms with Gasteiger partial charge < -0.3 is 4.74 Å². The smallest absolute Gasteiger partial charge is 0.166 e. The molecule has 0 radical (unpaired) electrons. The van der Waals surface area contributed by atoms with Gasteiger partial charge in [0.05, 0.1) is 13.2 Å². The van der Waals surface area contributed by atoms with Gasteiger partial charge in [0, 0.05) is 23.6 Å². The number of carbonyl (C=O) groups excluding carboxylic acids is 1. The van der Waals surface area contributed by atoms with Crippen molar-refractivity contribution in [1.29, 1.82) is 0 Å². The first-order valence-corrected chi connectivity index (χ1v) is 7.15. The number of fused-ring (bicyclic) bond motifs is 2. The van der Waals surface area contributed by atoms with E-state index in [2.05, 4.69) is 11.9 Å². The van der Waals surface area contributed by atoms with Crippen molar-refractivity contribution in [2.24, 2.45) is 5.92 Å². The molecular formula is C16H20FNO2. The molecule has 2 bridgehead atoms. The molecule has 0 N–H and O–H groups in total. The molecule has 0 aromatic heterocycles. The molecule has 0 saturated carbocycles. The van der Waals surface area contributed by atoms with Crippen LogP contribution in [0.5, 0.6) is 0 Å². The molecule has 3 rings (SSSR count). The van der Waals surface area contributed by atoms with E-state index in [9.17, 15) is 9.18 Å². The van der Waals surface area contributed by atoms with Crippen LogP contribution in [0.2, 0.25) is 0 Å². The van der Waals surface area contributed by atoms with Crippen LogP contribution in [-0.2, 0) is 4.74 Å². The van der Waals surface area contributed by atoms with Gasteiger partial charge in [-0.05, 0) is 50.6 Å². The zero-order chi connectivity index (χ0) is 14.3. The number of ether oxygens (including phenoxy) is 1. The summed E-state index contributed by atoms with van der Waals surface area (Å²) in [5.41, 5.74) is 1.31. The van der Waals surface area contributed by atoms with Gasteiger partial charge in [-0.15, -0.1) is 0 Å². The first-order chi connectivity index (χ1) is 9.54. The third-order valence-corrected chi connectivity index (χ3v) is 4.58. The Labute approximate surface area is 118 Å². The van der Waals surface area contributed by atoms with Gasteiger partial charge in [-0.2, -0.15) is 0 Å². The lowest BCUT2D eigenvalue weighted by Crippen LogP contribution is -2.55. The summed E-state index contributed by atoms with van der Waals surface area (Å²) in [6.07, 6.45) is 1.61. The summed E-state index contributed by atoms with van der Waals surface area (Å²) in [6.45, 7) is 3.20. The fraction of sp³-hybridized carbons (Fsp3) is 0.562. The molecule has 2 atom stereocenters. The summed E-state index contributed by atoms with van der Waals surface area (Å²) in [6, 6.07) is 5.22. The highest BCUT2D eigenvalue weighted by Crippen LogP contribution is 2.32. The van der Waals surface area contributed by atoms with Crippen molar-refractivity contribution in [1.82, 2.24) is 4.90 Å². The summed E-state index contributed by atoms with van der Waals surface area (Å²) < 4.78 is 19.0. The summed E-state index contributed by atoms with van der Waals surface area (Å²) in [5.74, 6) is -0.256. The van der Waals surface area contributed by atoms with Crippen LogP contribution in [0, 0.1) is 18.7 Å². The van der Waals surface area contributed by atoms with Crippen LogP contribution in [0.3, 0.4) is 0 Å². The molecule has 4 heteroatoms. The predicted octanol–water partition coefficient (Wildman–Crippen LogP) is 2.43. The van der Waals surface area contributed by atoms with E-state index in [0.717, 1.165) is 18.4 Å². The predicted molar refractivity (Wildman–Crippen MR) is 74.3 cm³/mol. The molecule has 1 aromatic rings. The molecule has 2 heterocycles. The van der Waals surface area contributed by atoms with E-state index in [1.165, 1.54) is 12.1 Å². The molecule has 2 aliphatic rings. The van der Waals surface area contributed by atoms with Gasteiger partial charge >= 0.3 is 0 Å². The van der Waals surface area contributed by atoms with E-state index in [1.54, 1.807) is 6.07 Å². The molecule has 3 nitrogen and oxygen atoms in total. The van der Waals surface area contributed by atoms with Crippen LogP contribution in [0.25, 0.3) is 0 Å². The molecule has 0 spiro atoms. The van der Waals surface area contributed by atoms with Crippen LogP contribution in [0.15, 0.2) is 18.2 Å². The number of ketones is 1. The quantitative estimate of drug-likeness (QED) is 0.778. The maximum absolute atomic E-state index is 13.5. The molecular weight excluding hydrogens is 257 g/mol. The van der Waals surface area contributed by atoms with Crippen LogP contribution in [-0.4, -0.2) is 43.0 Å². The number of hydrogen-bond donors (Lipinski definition) is 0. The minimum absolute atomic E-state index is 0.00806. The molecule has 20 heavy (non-hydrogen) atoms. The summed E-state index contributed by atoms with van der Waals surface area (Å²) in [7, 11) is 2.10. The van der Waals surface area contributed by atoms with Crippen molar-refractivity contribution in [2.75, 3.05) is 20.3 Å². The zero-order valence-corrected chi connectivity index (χ0v) is 11.9. The van der Waals surface area contributed by atoms with Crippen LogP contribution >= 0.6 is 0 Å². The number of benzene rings is 1. The average molecular weight is 277 g/mol. The summed E-state index contributed by atoms with van der Waals surface area (Å²) in [4.78, 5) is 14.9. The Morgan fingerprint density at radius 2 is 1.90 bits per heavy atom. The van der Waals surface area contributed by atoms with Crippen molar-refractivity contribution >= 4 is 5.78 Å². The Kier molecular flexibility index (Phi) is 3.61. The number of aryl methyl sites for hydroxylation is 1. The van der Waals surface area contributed by atoms with Gasteiger partial charge in [0.25, 0.3) is 0 Å². The highest BCUT2D eigenvalue weighted by molar-refractivity contribution is 5.98. The van der Waals surface area contributed by atoms with Crippen molar-refractivity contribution in [3.63, 3.8) is 0 Å². The van der Waals surface area contributed by atoms with E-state index < -0.39 is 0 Å². The van der Waals surface area contributed by atoms with Crippen LogP contribution in [0.1, 0.15) is 28.8 Å². The second-order valence-corrected chi connectivity index (χ2v) is 6.06. The average Bonchev–Trinajstić information content (AvgIpc) is 2.36. The van der Waals surface area contributed by atoms with E-state index >= 15 is 0 Å². The van der Waals surface area contributed by atoms with Crippen molar-refractivity contribution in [2.45, 2.75) is 31.8 Å². The van der Waals surface area contributed by atoms with Gasteiger partial charge in [-0.1, -0.05) is 0 Å². The lowest BCUT2D eigenvalue weighted by molar-refractivity contribution is -0.0702. The number of nitrogens with zero attached hydrogens (tertiary/aromatic N) is 1. The van der Waals surface area contributed by atoms with Gasteiger partial charge in [0.15, 0.2) is 5.78 Å². The number of Topliss-reactive ketones (excluding diaryl/α,β-unsaturated/α-hetero) is 1. The Bertz CT molecular complexity index is 497. The normalized spacial score (nSPS) is 30.2. The van der Waals surface area contributed by atoms with Gasteiger partial charge in [0.1, 0.15) is 5.82 Å². The Morgan fingerprint density at radius 3 is 2.50 bits per heavy atom. The number of likely N-dealkylation sites (N-methyl/N-ethyl adjacent to an activating group) is 1. The Balaban J connectivity index is 1.81. The van der Waals surface area contributed by atoms with Crippen LogP contribution in [0.4, 0.5) is 4.39 Å². The third-order valence-electron chi connectivity index (χ3n) is 4.58. The SMILES string of the molecule is Cc1cc(F)cc(C(=O)C2CC3COCC(C2)N3C)c1. The van der Waals surface area contributed by atoms with Crippen molar-refractivity contribution in [3.8, 4) is 0 Å². The zero-order valence-electron chi connectivity index (χ0n) is 11.9. The fourth-order valence-corrected chi connectivity index (χ4v) is 3.42. The minimum atomic E-state index is -0.329. The molecule has 0 aliphatic carbocycles. The molecule has 1 aromatic carbocycles. The van der Waals surface area contributed by atoms with E-state index in [4.69, 9.17) is 4.74 Å². The van der Waals surface area contributed by atoms with E-state index in [0.29, 0.717) is 30.9 Å². The Hall–Kier alpha value is -1.26. The maximum atomic E-state index is 13.5. The van der Waals surface area contributed by atoms with E-state index in [-0.39, 0.29) is 17.5 Å². The molecule has 0 amide bonds. The molecule has 2 aliphatic heterocycles. The largest absolute Gasteiger partial charge is 0.378 e. The standard InChI is InChI=1S/C16H20FNO2/c1-10-3-11(5-13(17)4-10)16(19)12-6-14-8-20-9-15(7-12)18(14)2/h3-5,12,14-15H,6-9H2,1-2H3. The monoisotopic (exact) mass is 277 g/mol. The highest BCUT2D eigenvalue weighted by atomic mass is 19.1. The lowest BCUT2D eigenvalue weighted by atomic mass is 9.81. The first kappa shape index (κ1) is 13.7. The number of hydrogen-bond acceptors (Lipinski definition) is 3. The van der Waals surface area contributed by atoms with Gasteiger partial charge in [-0.3, -0.25) is 9.69 Å². The topological polar surface area (TPSA) is 29.5 Å². The lowest BCUT2D eigenvalue weighted by Gasteiger charge is -2.46. The third kappa shape index (κ3) is 2.50. The number of morpholine rings is 1. The minimum Gasteiger partial charge on any atom is -0.378 e. The Morgan fingerprint density at radius 1 is 1.25 bits per heavy atom. The van der Waals surface area contributed by atoms with Gasteiger partial charge in [-0.25, -0.2) is 4.39 Å². The molecule has 108 valence electrons. The highest BCUT2D eigenvalue weighted by Gasteiger charge is 2.39. The maximum Gasteiger partial charge on any atom is 0.166 e. The second-order valence-electron chi connectivity index (χ2n) is 6.06. The van der Waals surface area contributed by atoms with Gasteiger partial charge in [0.2, 0.25) is 0 Å². The van der Waals surface area contributed by atoms with Crippen LogP contribution < -0.4 is 0 Å². The number of rotatable bonds is 2.